The molecule has 7 heteroatoms. The zero-order valence-corrected chi connectivity index (χ0v) is 19.5. The van der Waals surface area contributed by atoms with E-state index in [9.17, 15) is 4.79 Å². The van der Waals surface area contributed by atoms with Gasteiger partial charge in [0.1, 0.15) is 0 Å². The highest BCUT2D eigenvalue weighted by Crippen LogP contribution is 2.36. The van der Waals surface area contributed by atoms with Crippen LogP contribution in [0, 0.1) is 11.3 Å². The molecule has 0 N–H and O–H groups in total. The van der Waals surface area contributed by atoms with Gasteiger partial charge in [0, 0.05) is 17.1 Å². The Labute approximate surface area is 201 Å². The van der Waals surface area contributed by atoms with Gasteiger partial charge in [-0.15, -0.1) is 11.3 Å². The number of hydrogen-bond donors (Lipinski definition) is 0. The normalized spacial score (nSPS) is 14.0. The van der Waals surface area contributed by atoms with E-state index in [4.69, 9.17) is 19.7 Å². The van der Waals surface area contributed by atoms with Crippen LogP contribution >= 0.6 is 11.3 Å². The van der Waals surface area contributed by atoms with E-state index in [-0.39, 0.29) is 11.7 Å². The van der Waals surface area contributed by atoms with Crippen LogP contribution in [0.1, 0.15) is 42.5 Å². The standard InChI is InChI=1S/C27H23N3O3S/c1-32-23-8-4-5-20(25(23)33-21-6-2-3-7-21)13-14-22-24(19-11-9-18(17-28)10-12-19)26(31)30-15-16-34-27(30)29-22/h4-5,8-16,21H,2-3,6-7H2,1H3/b14-13+. The highest BCUT2D eigenvalue weighted by Gasteiger charge is 2.20. The zero-order valence-electron chi connectivity index (χ0n) is 18.7. The van der Waals surface area contributed by atoms with E-state index in [1.54, 1.807) is 42.0 Å². The Kier molecular flexibility index (Phi) is 6.15. The van der Waals surface area contributed by atoms with E-state index in [0.717, 1.165) is 18.4 Å². The molecule has 0 radical (unpaired) electrons. The van der Waals surface area contributed by atoms with Crippen LogP contribution in [0.3, 0.4) is 0 Å². The Balaban J connectivity index is 1.61. The Morgan fingerprint density at radius 2 is 1.94 bits per heavy atom. The Hall–Kier alpha value is -3.89. The van der Waals surface area contributed by atoms with Crippen molar-refractivity contribution in [3.63, 3.8) is 0 Å². The molecule has 6 nitrogen and oxygen atoms in total. The zero-order chi connectivity index (χ0) is 23.5. The summed E-state index contributed by atoms with van der Waals surface area (Å²) in [5.41, 5.74) is 3.01. The third-order valence-electron chi connectivity index (χ3n) is 6.03. The van der Waals surface area contributed by atoms with Crippen LogP contribution in [0.4, 0.5) is 0 Å². The summed E-state index contributed by atoms with van der Waals surface area (Å²) in [6.07, 6.45) is 10.1. The van der Waals surface area contributed by atoms with Crippen molar-refractivity contribution >= 4 is 28.4 Å². The lowest BCUT2D eigenvalue weighted by atomic mass is 10.0. The molecule has 1 aliphatic carbocycles. The largest absolute Gasteiger partial charge is 0.493 e. The van der Waals surface area contributed by atoms with Crippen molar-refractivity contribution in [2.45, 2.75) is 31.8 Å². The van der Waals surface area contributed by atoms with E-state index in [0.29, 0.717) is 38.8 Å². The molecule has 0 amide bonds. The SMILES string of the molecule is COc1cccc(/C=C/c2nc3sccn3c(=O)c2-c2ccc(C#N)cc2)c1OC1CCCC1. The molecule has 0 aliphatic heterocycles. The first-order valence-corrected chi connectivity index (χ1v) is 12.1. The maximum atomic E-state index is 13.4. The summed E-state index contributed by atoms with van der Waals surface area (Å²) in [5, 5.41) is 11.0. The van der Waals surface area contributed by atoms with Gasteiger partial charge in [-0.2, -0.15) is 5.26 Å². The molecule has 0 bridgehead atoms. The molecular weight excluding hydrogens is 446 g/mol. The summed E-state index contributed by atoms with van der Waals surface area (Å²) in [4.78, 5) is 18.7. The van der Waals surface area contributed by atoms with E-state index >= 15 is 0 Å². The lowest BCUT2D eigenvalue weighted by molar-refractivity contribution is 0.200. The quantitative estimate of drug-likeness (QED) is 0.357. The summed E-state index contributed by atoms with van der Waals surface area (Å²) in [6.45, 7) is 0. The molecule has 2 heterocycles. The monoisotopic (exact) mass is 469 g/mol. The highest BCUT2D eigenvalue weighted by atomic mass is 32.1. The number of methoxy groups -OCH3 is 1. The molecule has 2 aromatic carbocycles. The molecular formula is C27H23N3O3S. The molecule has 0 unspecified atom stereocenters. The molecule has 0 atom stereocenters. The number of fused-ring (bicyclic) bond motifs is 1. The molecule has 1 aliphatic rings. The summed E-state index contributed by atoms with van der Waals surface area (Å²) < 4.78 is 13.5. The van der Waals surface area contributed by atoms with E-state index < -0.39 is 0 Å². The number of nitrogens with zero attached hydrogens (tertiary/aromatic N) is 3. The fourth-order valence-corrected chi connectivity index (χ4v) is 5.00. The second-order valence-corrected chi connectivity index (χ2v) is 9.03. The minimum atomic E-state index is -0.149. The van der Waals surface area contributed by atoms with Gasteiger partial charge < -0.3 is 9.47 Å². The number of nitriles is 1. The van der Waals surface area contributed by atoms with Crippen molar-refractivity contribution in [1.82, 2.24) is 9.38 Å². The topological polar surface area (TPSA) is 76.6 Å². The van der Waals surface area contributed by atoms with Crippen molar-refractivity contribution in [2.24, 2.45) is 0 Å². The van der Waals surface area contributed by atoms with Crippen LogP contribution in [-0.4, -0.2) is 22.6 Å². The van der Waals surface area contributed by atoms with E-state index in [1.807, 2.05) is 35.7 Å². The smallest absolute Gasteiger partial charge is 0.266 e. The first kappa shape index (κ1) is 21.9. The Bertz CT molecular complexity index is 1460. The highest BCUT2D eigenvalue weighted by molar-refractivity contribution is 7.15. The minimum Gasteiger partial charge on any atom is -0.493 e. The van der Waals surface area contributed by atoms with Gasteiger partial charge in [0.05, 0.1) is 36.1 Å². The van der Waals surface area contributed by atoms with Crippen LogP contribution in [0.2, 0.25) is 0 Å². The number of benzene rings is 2. The summed E-state index contributed by atoms with van der Waals surface area (Å²) in [6, 6.07) is 14.9. The number of ether oxygens (including phenoxy) is 2. The third kappa shape index (κ3) is 4.20. The van der Waals surface area contributed by atoms with Gasteiger partial charge in [-0.3, -0.25) is 9.20 Å². The predicted octanol–water partition coefficient (Wildman–Crippen LogP) is 5.80. The number of hydrogen-bond acceptors (Lipinski definition) is 6. The van der Waals surface area contributed by atoms with Gasteiger partial charge >= 0.3 is 0 Å². The Morgan fingerprint density at radius 3 is 2.68 bits per heavy atom. The van der Waals surface area contributed by atoms with Crippen molar-refractivity contribution in [3.8, 4) is 28.7 Å². The van der Waals surface area contributed by atoms with Gasteiger partial charge in [-0.1, -0.05) is 24.3 Å². The molecule has 1 fully saturated rings. The number of aromatic nitrogens is 2. The number of rotatable bonds is 6. The second-order valence-electron chi connectivity index (χ2n) is 8.16. The van der Waals surface area contributed by atoms with Gasteiger partial charge in [-0.25, -0.2) is 4.98 Å². The molecule has 1 saturated carbocycles. The van der Waals surface area contributed by atoms with Crippen LogP contribution < -0.4 is 15.0 Å². The maximum Gasteiger partial charge on any atom is 0.266 e. The fourth-order valence-electron chi connectivity index (χ4n) is 4.29. The summed E-state index contributed by atoms with van der Waals surface area (Å²) in [7, 11) is 1.64. The average molecular weight is 470 g/mol. The van der Waals surface area contributed by atoms with Crippen molar-refractivity contribution < 1.29 is 9.47 Å². The number of thiazole rings is 1. The molecule has 5 rings (SSSR count). The molecule has 4 aromatic rings. The van der Waals surface area contributed by atoms with Crippen LogP contribution in [0.5, 0.6) is 11.5 Å². The fraction of sp³-hybridized carbons (Fsp3) is 0.222. The van der Waals surface area contributed by atoms with Gasteiger partial charge in [-0.05, 0) is 61.6 Å². The van der Waals surface area contributed by atoms with Crippen molar-refractivity contribution in [3.05, 3.63) is 81.2 Å². The lowest BCUT2D eigenvalue weighted by Crippen LogP contribution is -2.17. The van der Waals surface area contributed by atoms with Crippen molar-refractivity contribution in [1.29, 1.82) is 5.26 Å². The minimum absolute atomic E-state index is 0.149. The molecule has 0 spiro atoms. The first-order chi connectivity index (χ1) is 16.7. The Morgan fingerprint density at radius 1 is 1.15 bits per heavy atom. The average Bonchev–Trinajstić information content (AvgIpc) is 3.56. The van der Waals surface area contributed by atoms with Gasteiger partial charge in [0.2, 0.25) is 0 Å². The van der Waals surface area contributed by atoms with Crippen LogP contribution in [0.15, 0.2) is 58.8 Å². The summed E-state index contributed by atoms with van der Waals surface area (Å²) >= 11 is 1.41. The van der Waals surface area contributed by atoms with E-state index in [1.165, 1.54) is 24.2 Å². The molecule has 2 aromatic heterocycles. The molecule has 0 saturated heterocycles. The van der Waals surface area contributed by atoms with E-state index in [2.05, 4.69) is 6.07 Å². The molecule has 170 valence electrons. The lowest BCUT2D eigenvalue weighted by Gasteiger charge is -2.18. The first-order valence-electron chi connectivity index (χ1n) is 11.2. The summed E-state index contributed by atoms with van der Waals surface area (Å²) in [5.74, 6) is 1.39. The predicted molar refractivity (Wildman–Crippen MR) is 134 cm³/mol. The molecule has 34 heavy (non-hydrogen) atoms. The maximum absolute atomic E-state index is 13.4. The van der Waals surface area contributed by atoms with Crippen LogP contribution in [-0.2, 0) is 0 Å². The van der Waals surface area contributed by atoms with Crippen molar-refractivity contribution in [2.75, 3.05) is 7.11 Å². The second kappa shape index (κ2) is 9.54. The van der Waals surface area contributed by atoms with Gasteiger partial charge in [0.15, 0.2) is 16.5 Å². The third-order valence-corrected chi connectivity index (χ3v) is 6.79. The van der Waals surface area contributed by atoms with Gasteiger partial charge in [0.25, 0.3) is 5.56 Å². The van der Waals surface area contributed by atoms with Crippen LogP contribution in [0.25, 0.3) is 28.2 Å². The number of para-hydroxylation sites is 1.